The van der Waals surface area contributed by atoms with Crippen LogP contribution in [-0.4, -0.2) is 154 Å². The summed E-state index contributed by atoms with van der Waals surface area (Å²) < 4.78 is 35.5. The Morgan fingerprint density at radius 1 is 0.800 bits per heavy atom. The van der Waals surface area contributed by atoms with Crippen molar-refractivity contribution in [3.8, 4) is 0 Å². The zero-order valence-corrected chi connectivity index (χ0v) is 34.4. The third-order valence-corrected chi connectivity index (χ3v) is 17.1. The van der Waals surface area contributed by atoms with E-state index in [0.717, 1.165) is 12.8 Å². The molecule has 0 aromatic rings. The van der Waals surface area contributed by atoms with E-state index in [0.29, 0.717) is 32.1 Å². The number of hydrogen-bond donors (Lipinski definition) is 8. The van der Waals surface area contributed by atoms with E-state index in [-0.39, 0.29) is 42.8 Å². The van der Waals surface area contributed by atoms with Crippen LogP contribution in [0.3, 0.4) is 0 Å². The van der Waals surface area contributed by atoms with Gasteiger partial charge in [-0.15, -0.1) is 0 Å². The van der Waals surface area contributed by atoms with Crippen LogP contribution < -0.4 is 0 Å². The highest BCUT2D eigenvalue weighted by Crippen LogP contribution is 2.76. The van der Waals surface area contributed by atoms with Gasteiger partial charge < -0.3 is 69.3 Å². The first kappa shape index (κ1) is 44.0. The first-order chi connectivity index (χ1) is 25.7. The van der Waals surface area contributed by atoms with Crippen LogP contribution in [0.5, 0.6) is 0 Å². The predicted molar refractivity (Wildman–Crippen MR) is 198 cm³/mol. The lowest BCUT2D eigenvalue weighted by atomic mass is 9.34. The largest absolute Gasteiger partial charge is 0.394 e. The average molecular weight is 789 g/mol. The molecule has 21 unspecified atom stereocenters. The number of fused-ring (bicyclic) bond motifs is 5. The van der Waals surface area contributed by atoms with E-state index >= 15 is 0 Å². The van der Waals surface area contributed by atoms with Crippen molar-refractivity contribution in [1.82, 2.24) is 0 Å². The van der Waals surface area contributed by atoms with Gasteiger partial charge in [0.15, 0.2) is 12.6 Å². The molecule has 0 aromatic carbocycles. The smallest absolute Gasteiger partial charge is 0.187 e. The van der Waals surface area contributed by atoms with E-state index in [1.807, 2.05) is 27.7 Å². The zero-order chi connectivity index (χ0) is 40.6. The molecule has 21 atom stereocenters. The van der Waals surface area contributed by atoms with Crippen LogP contribution in [0.2, 0.25) is 0 Å². The Morgan fingerprint density at radius 3 is 2.09 bits per heavy atom. The second-order valence-electron chi connectivity index (χ2n) is 19.4. The maximum Gasteiger partial charge on any atom is 0.187 e. The lowest BCUT2D eigenvalue weighted by molar-refractivity contribution is -0.336. The molecule has 4 aliphatic carbocycles. The van der Waals surface area contributed by atoms with Gasteiger partial charge in [-0.05, 0) is 79.4 Å². The van der Waals surface area contributed by atoms with Gasteiger partial charge in [0.1, 0.15) is 36.6 Å². The molecule has 14 nitrogen and oxygen atoms in total. The highest BCUT2D eigenvalue weighted by molar-refractivity contribution is 5.27. The number of ether oxygens (including phenoxy) is 6. The van der Waals surface area contributed by atoms with E-state index < -0.39 is 107 Å². The third-order valence-electron chi connectivity index (χ3n) is 17.1. The number of rotatable bonds is 12. The van der Waals surface area contributed by atoms with Gasteiger partial charge in [0.2, 0.25) is 0 Å². The predicted octanol–water partition coefficient (Wildman–Crippen LogP) is 1.48. The summed E-state index contributed by atoms with van der Waals surface area (Å²) in [4.78, 5) is 0. The fraction of sp³-hybridized carbons (Fsp3) is 1.00. The molecule has 0 radical (unpaired) electrons. The van der Waals surface area contributed by atoms with Gasteiger partial charge in [0.25, 0.3) is 0 Å². The van der Waals surface area contributed by atoms with Crippen LogP contribution in [0.15, 0.2) is 0 Å². The van der Waals surface area contributed by atoms with Gasteiger partial charge in [-0.2, -0.15) is 0 Å². The van der Waals surface area contributed by atoms with Crippen LogP contribution in [-0.2, 0) is 28.4 Å². The van der Waals surface area contributed by atoms with Crippen LogP contribution in [0.4, 0.5) is 0 Å². The van der Waals surface area contributed by atoms with E-state index in [2.05, 4.69) is 20.8 Å². The molecule has 8 N–H and O–H groups in total. The molecule has 320 valence electrons. The Hall–Kier alpha value is -0.560. The van der Waals surface area contributed by atoms with Crippen LogP contribution in [0.1, 0.15) is 99.8 Å². The van der Waals surface area contributed by atoms with Gasteiger partial charge in [0.05, 0.1) is 49.3 Å². The van der Waals surface area contributed by atoms with Gasteiger partial charge >= 0.3 is 0 Å². The zero-order valence-electron chi connectivity index (χ0n) is 34.4. The van der Waals surface area contributed by atoms with E-state index in [9.17, 15) is 40.9 Å². The summed E-state index contributed by atoms with van der Waals surface area (Å²) in [5, 5.41) is 90.9. The molecule has 6 aliphatic rings. The van der Waals surface area contributed by atoms with Gasteiger partial charge in [-0.25, -0.2) is 0 Å². The molecule has 2 aliphatic heterocycles. The number of hydrogen-bond acceptors (Lipinski definition) is 14. The molecule has 6 rings (SSSR count). The van der Waals surface area contributed by atoms with Gasteiger partial charge in [0, 0.05) is 31.5 Å². The van der Waals surface area contributed by atoms with Crippen molar-refractivity contribution in [3.63, 3.8) is 0 Å². The Labute approximate surface area is 326 Å². The molecule has 6 fully saturated rings. The highest BCUT2D eigenvalue weighted by Gasteiger charge is 2.79. The molecule has 2 heterocycles. The standard InChI is InChI=1S/C41H72O14/c1-20(2)24(53-36-33(30(46)25(18-42)54-36)55-35-32(51-9)31(47)26(50-8)19-52-35)11-10-21(3)22-16-28(44)40(7)37(22,4)15-13-27-38(5)14-12-23(43)34(48)39(38,6)29(45)17-41(27,40)49/h20-36,42-49H,10-19H2,1-9H3. The Kier molecular flexibility index (Phi) is 12.6. The molecule has 14 heteroatoms. The molecular formula is C41H72O14. The van der Waals surface area contributed by atoms with Crippen molar-refractivity contribution in [3.05, 3.63) is 0 Å². The summed E-state index contributed by atoms with van der Waals surface area (Å²) >= 11 is 0. The molecule has 0 bridgehead atoms. The molecule has 2 saturated heterocycles. The van der Waals surface area contributed by atoms with E-state index in [1.165, 1.54) is 14.2 Å². The van der Waals surface area contributed by atoms with Crippen molar-refractivity contribution in [1.29, 1.82) is 0 Å². The molecule has 0 spiro atoms. The van der Waals surface area contributed by atoms with Crippen molar-refractivity contribution in [2.24, 2.45) is 45.3 Å². The minimum atomic E-state index is -1.39. The Morgan fingerprint density at radius 2 is 1.47 bits per heavy atom. The third kappa shape index (κ3) is 6.50. The maximum atomic E-state index is 13.0. The quantitative estimate of drug-likeness (QED) is 0.141. The van der Waals surface area contributed by atoms with E-state index in [4.69, 9.17) is 28.4 Å². The van der Waals surface area contributed by atoms with Gasteiger partial charge in [-0.1, -0.05) is 48.5 Å². The fourth-order valence-electron chi connectivity index (χ4n) is 13.0. The van der Waals surface area contributed by atoms with E-state index in [1.54, 1.807) is 0 Å². The molecule has 0 amide bonds. The monoisotopic (exact) mass is 788 g/mol. The highest BCUT2D eigenvalue weighted by atomic mass is 16.8. The molecular weight excluding hydrogens is 716 g/mol. The Bertz CT molecular complexity index is 1320. The van der Waals surface area contributed by atoms with Crippen molar-refractivity contribution < 1.29 is 69.3 Å². The minimum absolute atomic E-state index is 0.0231. The second kappa shape index (κ2) is 15.8. The lowest BCUT2D eigenvalue weighted by Crippen LogP contribution is -2.77. The van der Waals surface area contributed by atoms with Crippen LogP contribution >= 0.6 is 0 Å². The lowest BCUT2D eigenvalue weighted by Gasteiger charge is -2.73. The summed E-state index contributed by atoms with van der Waals surface area (Å²) in [6.45, 7) is 14.0. The Balaban J connectivity index is 1.17. The van der Waals surface area contributed by atoms with Crippen molar-refractivity contribution in [2.75, 3.05) is 27.4 Å². The topological polar surface area (TPSA) is 217 Å². The fourth-order valence-corrected chi connectivity index (χ4v) is 13.0. The number of methoxy groups -OCH3 is 2. The SMILES string of the molecule is COC1COC(OC2C(OC(CCC(C)C3CC(O)C4(C)C3(C)CCC3C5(C)CCC(O)C(O)C5(C)C(O)CC34O)C(C)C)OC(CO)C2O)C(OC)C1O. The first-order valence-electron chi connectivity index (χ1n) is 20.8. The van der Waals surface area contributed by atoms with Crippen molar-refractivity contribution >= 4 is 0 Å². The number of aliphatic hydroxyl groups is 8. The molecule has 55 heavy (non-hydrogen) atoms. The molecule has 0 aromatic heterocycles. The van der Waals surface area contributed by atoms with Crippen LogP contribution in [0, 0.1) is 45.3 Å². The number of aliphatic hydroxyl groups excluding tert-OH is 7. The van der Waals surface area contributed by atoms with Crippen molar-refractivity contribution in [2.45, 2.75) is 185 Å². The normalized spacial score (nSPS) is 53.8. The second-order valence-corrected chi connectivity index (χ2v) is 19.4. The summed E-state index contributed by atoms with van der Waals surface area (Å²) in [6.07, 6.45) is -7.86. The first-order valence-corrected chi connectivity index (χ1v) is 20.8. The van der Waals surface area contributed by atoms with Gasteiger partial charge in [-0.3, -0.25) is 0 Å². The summed E-state index contributed by atoms with van der Waals surface area (Å²) in [7, 11) is 2.89. The minimum Gasteiger partial charge on any atom is -0.394 e. The maximum absolute atomic E-state index is 13.0. The summed E-state index contributed by atoms with van der Waals surface area (Å²) in [6, 6.07) is 0. The average Bonchev–Trinajstić information content (AvgIpc) is 3.55. The molecule has 4 saturated carbocycles. The van der Waals surface area contributed by atoms with Crippen LogP contribution in [0.25, 0.3) is 0 Å². The summed E-state index contributed by atoms with van der Waals surface area (Å²) in [5.41, 5.74) is -4.44. The summed E-state index contributed by atoms with van der Waals surface area (Å²) in [5.74, 6) is -0.0665.